The third-order valence-electron chi connectivity index (χ3n) is 3.23. The highest BCUT2D eigenvalue weighted by atomic mass is 32.1. The molecule has 0 atom stereocenters. The molecule has 5 nitrogen and oxygen atoms in total. The quantitative estimate of drug-likeness (QED) is 0.575. The molecule has 3 aromatic rings. The Labute approximate surface area is 139 Å². The smallest absolute Gasteiger partial charge is 0.216 e. The Morgan fingerprint density at radius 1 is 1.17 bits per heavy atom. The van der Waals surface area contributed by atoms with Crippen LogP contribution in [-0.4, -0.2) is 21.1 Å². The second-order valence-electron chi connectivity index (χ2n) is 5.01. The van der Waals surface area contributed by atoms with Crippen LogP contribution in [0, 0.1) is 11.7 Å². The predicted octanol–water partition coefficient (Wildman–Crippen LogP) is 3.71. The lowest BCUT2D eigenvalue weighted by Gasteiger charge is -2.04. The van der Waals surface area contributed by atoms with Crippen LogP contribution in [0.1, 0.15) is 17.0 Å². The SMILES string of the molecule is Cc1ccc(/C=N\n2c(COc3ccccc3)n[nH]c2=S)cc1. The van der Waals surface area contributed by atoms with Crippen LogP contribution in [-0.2, 0) is 6.61 Å². The van der Waals surface area contributed by atoms with Crippen molar-refractivity contribution >= 4 is 18.4 Å². The van der Waals surface area contributed by atoms with E-state index in [0.29, 0.717) is 10.6 Å². The van der Waals surface area contributed by atoms with Crippen LogP contribution in [0.4, 0.5) is 0 Å². The van der Waals surface area contributed by atoms with Gasteiger partial charge in [-0.25, -0.2) is 5.10 Å². The largest absolute Gasteiger partial charge is 0.486 e. The second-order valence-corrected chi connectivity index (χ2v) is 5.40. The number of H-pyrrole nitrogens is 1. The minimum atomic E-state index is 0.280. The highest BCUT2D eigenvalue weighted by molar-refractivity contribution is 7.71. The van der Waals surface area contributed by atoms with Crippen LogP contribution in [0.25, 0.3) is 0 Å². The molecule has 2 aromatic carbocycles. The van der Waals surface area contributed by atoms with Gasteiger partial charge in [0.25, 0.3) is 0 Å². The predicted molar refractivity (Wildman–Crippen MR) is 92.4 cm³/mol. The van der Waals surface area contributed by atoms with E-state index in [2.05, 4.69) is 15.3 Å². The fourth-order valence-electron chi connectivity index (χ4n) is 1.98. The summed E-state index contributed by atoms with van der Waals surface area (Å²) >= 11 is 5.22. The van der Waals surface area contributed by atoms with E-state index in [1.54, 1.807) is 10.9 Å². The van der Waals surface area contributed by atoms with Crippen molar-refractivity contribution in [3.63, 3.8) is 0 Å². The van der Waals surface area contributed by atoms with Gasteiger partial charge in [0.2, 0.25) is 4.77 Å². The first-order valence-electron chi connectivity index (χ1n) is 7.17. The summed E-state index contributed by atoms with van der Waals surface area (Å²) in [5.74, 6) is 1.39. The second kappa shape index (κ2) is 7.02. The Hall–Kier alpha value is -2.73. The van der Waals surface area contributed by atoms with Crippen molar-refractivity contribution in [1.82, 2.24) is 14.9 Å². The molecule has 0 aliphatic rings. The Morgan fingerprint density at radius 3 is 2.65 bits per heavy atom. The number of nitrogens with zero attached hydrogens (tertiary/aromatic N) is 3. The van der Waals surface area contributed by atoms with Crippen molar-refractivity contribution in [1.29, 1.82) is 0 Å². The van der Waals surface area contributed by atoms with E-state index < -0.39 is 0 Å². The van der Waals surface area contributed by atoms with E-state index in [9.17, 15) is 0 Å². The monoisotopic (exact) mass is 324 g/mol. The van der Waals surface area contributed by atoms with Gasteiger partial charge in [-0.15, -0.1) is 0 Å². The number of para-hydroxylation sites is 1. The summed E-state index contributed by atoms with van der Waals surface area (Å²) < 4.78 is 7.69. The highest BCUT2D eigenvalue weighted by Crippen LogP contribution is 2.11. The molecule has 0 saturated carbocycles. The molecule has 0 spiro atoms. The van der Waals surface area contributed by atoms with Gasteiger partial charge >= 0.3 is 0 Å². The van der Waals surface area contributed by atoms with E-state index in [0.717, 1.165) is 11.3 Å². The summed E-state index contributed by atoms with van der Waals surface area (Å²) in [7, 11) is 0. The van der Waals surface area contributed by atoms with Gasteiger partial charge in [0.05, 0.1) is 6.21 Å². The van der Waals surface area contributed by atoms with Crippen LogP contribution >= 0.6 is 12.2 Å². The molecular formula is C17H16N4OS. The number of benzene rings is 2. The van der Waals surface area contributed by atoms with Crippen molar-refractivity contribution in [2.75, 3.05) is 0 Å². The molecule has 3 rings (SSSR count). The molecule has 6 heteroatoms. The van der Waals surface area contributed by atoms with Gasteiger partial charge in [-0.1, -0.05) is 48.0 Å². The Balaban J connectivity index is 1.76. The minimum Gasteiger partial charge on any atom is -0.486 e. The molecule has 0 aliphatic heterocycles. The van der Waals surface area contributed by atoms with Crippen molar-refractivity contribution in [2.45, 2.75) is 13.5 Å². The molecule has 116 valence electrons. The summed E-state index contributed by atoms with van der Waals surface area (Å²) in [4.78, 5) is 0. The maximum atomic E-state index is 5.69. The zero-order chi connectivity index (χ0) is 16.1. The van der Waals surface area contributed by atoms with Gasteiger partial charge in [0.1, 0.15) is 12.4 Å². The van der Waals surface area contributed by atoms with E-state index in [-0.39, 0.29) is 6.61 Å². The number of rotatable bonds is 5. The zero-order valence-corrected chi connectivity index (χ0v) is 13.5. The lowest BCUT2D eigenvalue weighted by molar-refractivity contribution is 0.290. The van der Waals surface area contributed by atoms with Gasteiger partial charge in [-0.3, -0.25) is 0 Å². The van der Waals surface area contributed by atoms with Crippen LogP contribution in [0.2, 0.25) is 0 Å². The molecule has 0 aliphatic carbocycles. The first-order valence-corrected chi connectivity index (χ1v) is 7.58. The molecule has 1 N–H and O–H groups in total. The molecule has 23 heavy (non-hydrogen) atoms. The minimum absolute atomic E-state index is 0.280. The van der Waals surface area contributed by atoms with E-state index in [1.807, 2.05) is 61.5 Å². The van der Waals surface area contributed by atoms with Gasteiger partial charge < -0.3 is 4.74 Å². The fourth-order valence-corrected chi connectivity index (χ4v) is 2.18. The average Bonchev–Trinajstić information content (AvgIpc) is 2.93. The Kier molecular flexibility index (Phi) is 4.63. The first kappa shape index (κ1) is 15.2. The van der Waals surface area contributed by atoms with Crippen LogP contribution < -0.4 is 4.74 Å². The number of nitrogens with one attached hydrogen (secondary N) is 1. The van der Waals surface area contributed by atoms with Gasteiger partial charge in [-0.05, 0) is 36.8 Å². The maximum Gasteiger partial charge on any atom is 0.216 e. The Morgan fingerprint density at radius 2 is 1.91 bits per heavy atom. The van der Waals surface area contributed by atoms with E-state index >= 15 is 0 Å². The highest BCUT2D eigenvalue weighted by Gasteiger charge is 2.05. The van der Waals surface area contributed by atoms with Crippen molar-refractivity contribution in [2.24, 2.45) is 5.10 Å². The summed E-state index contributed by atoms with van der Waals surface area (Å²) in [6.45, 7) is 2.33. The van der Waals surface area contributed by atoms with Gasteiger partial charge in [0, 0.05) is 0 Å². The molecule has 1 heterocycles. The third-order valence-corrected chi connectivity index (χ3v) is 3.49. The van der Waals surface area contributed by atoms with Crippen molar-refractivity contribution in [3.05, 3.63) is 76.3 Å². The molecule has 0 bridgehead atoms. The Bertz CT molecular complexity index is 850. The summed E-state index contributed by atoms with van der Waals surface area (Å²) in [5, 5.41) is 11.3. The lowest BCUT2D eigenvalue weighted by atomic mass is 10.2. The normalized spacial score (nSPS) is 11.0. The number of aromatic nitrogens is 3. The lowest BCUT2D eigenvalue weighted by Crippen LogP contribution is -2.04. The van der Waals surface area contributed by atoms with Gasteiger partial charge in [0.15, 0.2) is 5.82 Å². The van der Waals surface area contributed by atoms with Crippen molar-refractivity contribution < 1.29 is 4.74 Å². The fraction of sp³-hybridized carbons (Fsp3) is 0.118. The topological polar surface area (TPSA) is 55.2 Å². The number of aromatic amines is 1. The number of aryl methyl sites for hydroxylation is 1. The van der Waals surface area contributed by atoms with Crippen LogP contribution in [0.15, 0.2) is 59.7 Å². The first-order chi connectivity index (χ1) is 11.2. The van der Waals surface area contributed by atoms with E-state index in [1.165, 1.54) is 5.56 Å². The van der Waals surface area contributed by atoms with Crippen molar-refractivity contribution in [3.8, 4) is 5.75 Å². The molecule has 0 saturated heterocycles. The van der Waals surface area contributed by atoms with Gasteiger partial charge in [-0.2, -0.15) is 14.9 Å². The molecule has 0 unspecified atom stereocenters. The third kappa shape index (κ3) is 3.92. The molecule has 0 fully saturated rings. The molecule has 0 amide bonds. The molecule has 1 aromatic heterocycles. The van der Waals surface area contributed by atoms with Crippen LogP contribution in [0.5, 0.6) is 5.75 Å². The number of ether oxygens (including phenoxy) is 1. The van der Waals surface area contributed by atoms with Crippen LogP contribution in [0.3, 0.4) is 0 Å². The molecular weight excluding hydrogens is 308 g/mol. The molecule has 0 radical (unpaired) electrons. The average molecular weight is 324 g/mol. The maximum absolute atomic E-state index is 5.69. The number of hydrogen-bond donors (Lipinski definition) is 1. The summed E-state index contributed by atoms with van der Waals surface area (Å²) in [5.41, 5.74) is 2.20. The number of hydrogen-bond acceptors (Lipinski definition) is 4. The zero-order valence-electron chi connectivity index (χ0n) is 12.6. The standard InChI is InChI=1S/C17H16N4OS/c1-13-7-9-14(10-8-13)11-18-21-16(19-20-17(21)23)12-22-15-5-3-2-4-6-15/h2-11H,12H2,1H3,(H,20,23)/b18-11-. The van der Waals surface area contributed by atoms with E-state index in [4.69, 9.17) is 17.0 Å². The summed E-state index contributed by atoms with van der Waals surface area (Å²) in [6.07, 6.45) is 1.75. The summed E-state index contributed by atoms with van der Waals surface area (Å²) in [6, 6.07) is 17.6.